The SMILES string of the molecule is CC(C)[NH2+]C(C)C.Cc1nnn[n-]1. The Bertz CT molecular complexity index is 186. The van der Waals surface area contributed by atoms with Crippen molar-refractivity contribution in [3.63, 3.8) is 0 Å². The molecule has 5 nitrogen and oxygen atoms in total. The van der Waals surface area contributed by atoms with Crippen molar-refractivity contribution in [2.75, 3.05) is 0 Å². The Balaban J connectivity index is 0.000000223. The minimum Gasteiger partial charge on any atom is -0.342 e. The van der Waals surface area contributed by atoms with Crippen molar-refractivity contribution in [1.82, 2.24) is 20.6 Å². The number of nitrogens with zero attached hydrogens (tertiary/aromatic N) is 4. The molecule has 0 spiro atoms. The van der Waals surface area contributed by atoms with Gasteiger partial charge in [-0.1, -0.05) is 0 Å². The molecule has 0 radical (unpaired) electrons. The first-order chi connectivity index (χ1) is 6.02. The smallest absolute Gasteiger partial charge is 0.0803 e. The maximum absolute atomic E-state index is 3.44. The maximum Gasteiger partial charge on any atom is 0.0803 e. The summed E-state index contributed by atoms with van der Waals surface area (Å²) in [7, 11) is 0. The fourth-order valence-corrected chi connectivity index (χ4v) is 0.959. The van der Waals surface area contributed by atoms with Crippen molar-refractivity contribution in [2.45, 2.75) is 46.7 Å². The summed E-state index contributed by atoms with van der Waals surface area (Å²) < 4.78 is 0. The highest BCUT2D eigenvalue weighted by molar-refractivity contribution is 4.63. The van der Waals surface area contributed by atoms with Crippen LogP contribution in [0.2, 0.25) is 0 Å². The predicted molar refractivity (Wildman–Crippen MR) is 50.1 cm³/mol. The predicted octanol–water partition coefficient (Wildman–Crippen LogP) is -0.496. The molecule has 1 rings (SSSR count). The molecular formula is C8H19N5. The van der Waals surface area contributed by atoms with Crippen LogP contribution in [0.4, 0.5) is 0 Å². The van der Waals surface area contributed by atoms with Gasteiger partial charge in [0.2, 0.25) is 0 Å². The van der Waals surface area contributed by atoms with E-state index in [0.29, 0.717) is 5.82 Å². The summed E-state index contributed by atoms with van der Waals surface area (Å²) in [6.45, 7) is 10.6. The Morgan fingerprint density at radius 1 is 1.15 bits per heavy atom. The lowest BCUT2D eigenvalue weighted by atomic mass is 10.3. The summed E-state index contributed by atoms with van der Waals surface area (Å²) in [6, 6.07) is 1.50. The van der Waals surface area contributed by atoms with Gasteiger partial charge in [-0.2, -0.15) is 5.21 Å². The highest BCUT2D eigenvalue weighted by Crippen LogP contribution is 1.67. The van der Waals surface area contributed by atoms with Crippen LogP contribution in [0, 0.1) is 6.92 Å². The molecule has 0 saturated heterocycles. The Morgan fingerprint density at radius 3 is 1.77 bits per heavy atom. The van der Waals surface area contributed by atoms with Gasteiger partial charge in [0.25, 0.3) is 0 Å². The van der Waals surface area contributed by atoms with E-state index in [1.165, 1.54) is 0 Å². The molecule has 0 saturated carbocycles. The van der Waals surface area contributed by atoms with E-state index in [1.54, 1.807) is 6.92 Å². The second kappa shape index (κ2) is 6.54. The molecule has 1 aromatic rings. The van der Waals surface area contributed by atoms with Crippen LogP contribution in [0.25, 0.3) is 0 Å². The summed E-state index contributed by atoms with van der Waals surface area (Å²) in [5, 5.41) is 15.6. The van der Waals surface area contributed by atoms with E-state index in [-0.39, 0.29) is 0 Å². The molecule has 5 heteroatoms. The van der Waals surface area contributed by atoms with E-state index in [1.807, 2.05) is 0 Å². The van der Waals surface area contributed by atoms with Crippen molar-refractivity contribution in [1.29, 1.82) is 0 Å². The van der Waals surface area contributed by atoms with Gasteiger partial charge in [0, 0.05) is 5.82 Å². The zero-order valence-corrected chi connectivity index (χ0v) is 9.02. The molecule has 13 heavy (non-hydrogen) atoms. The van der Waals surface area contributed by atoms with E-state index < -0.39 is 0 Å². The second-order valence-electron chi connectivity index (χ2n) is 3.61. The molecule has 2 N–H and O–H groups in total. The average Bonchev–Trinajstić information content (AvgIpc) is 2.37. The number of hydrogen-bond donors (Lipinski definition) is 1. The summed E-state index contributed by atoms with van der Waals surface area (Å²) in [4.78, 5) is 0. The molecule has 0 amide bonds. The lowest BCUT2D eigenvalue weighted by Gasteiger charge is -2.06. The molecule has 0 unspecified atom stereocenters. The van der Waals surface area contributed by atoms with Gasteiger partial charge >= 0.3 is 0 Å². The summed E-state index contributed by atoms with van der Waals surface area (Å²) in [5.41, 5.74) is 0. The van der Waals surface area contributed by atoms with Crippen molar-refractivity contribution in [3.05, 3.63) is 5.82 Å². The fraction of sp³-hybridized carbons (Fsp3) is 0.875. The van der Waals surface area contributed by atoms with E-state index in [2.05, 4.69) is 53.6 Å². The van der Waals surface area contributed by atoms with E-state index >= 15 is 0 Å². The summed E-state index contributed by atoms with van der Waals surface area (Å²) >= 11 is 0. The third-order valence-corrected chi connectivity index (χ3v) is 1.19. The average molecular weight is 185 g/mol. The Hall–Kier alpha value is -0.970. The number of aryl methyl sites for hydroxylation is 1. The van der Waals surface area contributed by atoms with Gasteiger partial charge in [0.15, 0.2) is 0 Å². The lowest BCUT2D eigenvalue weighted by Crippen LogP contribution is -2.92. The monoisotopic (exact) mass is 185 g/mol. The molecule has 0 aromatic carbocycles. The highest BCUT2D eigenvalue weighted by Gasteiger charge is 1.96. The lowest BCUT2D eigenvalue weighted by molar-refractivity contribution is -0.709. The quantitative estimate of drug-likeness (QED) is 0.674. The first-order valence-corrected chi connectivity index (χ1v) is 4.52. The molecule has 0 aliphatic heterocycles. The minimum absolute atomic E-state index is 0.620. The molecule has 0 atom stereocenters. The van der Waals surface area contributed by atoms with Crippen molar-refractivity contribution >= 4 is 0 Å². The number of aromatic nitrogens is 4. The third-order valence-electron chi connectivity index (χ3n) is 1.19. The second-order valence-corrected chi connectivity index (χ2v) is 3.61. The van der Waals surface area contributed by atoms with Gasteiger partial charge in [0.05, 0.1) is 12.1 Å². The van der Waals surface area contributed by atoms with Gasteiger partial charge in [-0.05, 0) is 34.6 Å². The normalized spacial score (nSPS) is 10.1. The first-order valence-electron chi connectivity index (χ1n) is 4.52. The van der Waals surface area contributed by atoms with Crippen molar-refractivity contribution in [3.8, 4) is 0 Å². The Kier molecular flexibility index (Phi) is 6.05. The Morgan fingerprint density at radius 2 is 1.69 bits per heavy atom. The van der Waals surface area contributed by atoms with Crippen LogP contribution >= 0.6 is 0 Å². The minimum atomic E-state index is 0.620. The van der Waals surface area contributed by atoms with Crippen molar-refractivity contribution in [2.24, 2.45) is 0 Å². The van der Waals surface area contributed by atoms with Crippen LogP contribution < -0.4 is 10.4 Å². The highest BCUT2D eigenvalue weighted by atomic mass is 15.5. The molecule has 76 valence electrons. The summed E-state index contributed by atoms with van der Waals surface area (Å²) in [6.07, 6.45) is 0. The van der Waals surface area contributed by atoms with Crippen LogP contribution in [0.1, 0.15) is 33.5 Å². The first kappa shape index (κ1) is 12.0. The van der Waals surface area contributed by atoms with Crippen LogP contribution in [0.3, 0.4) is 0 Å². The largest absolute Gasteiger partial charge is 0.342 e. The van der Waals surface area contributed by atoms with Crippen LogP contribution in [-0.2, 0) is 0 Å². The van der Waals surface area contributed by atoms with Gasteiger partial charge in [-0.25, -0.2) is 0 Å². The standard InChI is InChI=1S/C6H15N.C2H3N4/c1-5(2)7-6(3)4;1-2-3-5-6-4-2/h5-7H,1-4H3;1H3/q;-1/p+1. The van der Waals surface area contributed by atoms with Gasteiger partial charge in [-0.3, -0.25) is 10.3 Å². The molecule has 0 aliphatic carbocycles. The van der Waals surface area contributed by atoms with E-state index in [9.17, 15) is 0 Å². The molecular weight excluding hydrogens is 166 g/mol. The molecule has 0 aliphatic rings. The van der Waals surface area contributed by atoms with Gasteiger partial charge in [0.1, 0.15) is 0 Å². The molecule has 0 fully saturated rings. The van der Waals surface area contributed by atoms with E-state index in [4.69, 9.17) is 0 Å². The fourth-order valence-electron chi connectivity index (χ4n) is 0.959. The van der Waals surface area contributed by atoms with Gasteiger partial charge < -0.3 is 10.4 Å². The topological polar surface area (TPSA) is 69.4 Å². The molecule has 1 heterocycles. The summed E-state index contributed by atoms with van der Waals surface area (Å²) in [5.74, 6) is 0.620. The third kappa shape index (κ3) is 8.94. The zero-order chi connectivity index (χ0) is 10.3. The number of nitrogens with two attached hydrogens (primary N) is 1. The van der Waals surface area contributed by atoms with Gasteiger partial charge in [-0.15, -0.1) is 0 Å². The number of rotatable bonds is 2. The Labute approximate surface area is 79.3 Å². The van der Waals surface area contributed by atoms with Crippen molar-refractivity contribution < 1.29 is 5.32 Å². The zero-order valence-electron chi connectivity index (χ0n) is 9.02. The maximum atomic E-state index is 3.44. The molecule has 1 aromatic heterocycles. The number of quaternary nitrogens is 1. The molecule has 0 bridgehead atoms. The number of tetrazole rings is 1. The number of hydrogen-bond acceptors (Lipinski definition) is 3. The van der Waals surface area contributed by atoms with Crippen LogP contribution in [-0.4, -0.2) is 27.6 Å². The van der Waals surface area contributed by atoms with E-state index in [0.717, 1.165) is 12.1 Å². The van der Waals surface area contributed by atoms with Crippen LogP contribution in [0.15, 0.2) is 0 Å². The van der Waals surface area contributed by atoms with Crippen LogP contribution in [0.5, 0.6) is 0 Å².